The van der Waals surface area contributed by atoms with Crippen LogP contribution in [0.25, 0.3) is 0 Å². The summed E-state index contributed by atoms with van der Waals surface area (Å²) in [5.41, 5.74) is 1.59. The highest BCUT2D eigenvalue weighted by atomic mass is 16.5. The monoisotopic (exact) mass is 366 g/mol. The van der Waals surface area contributed by atoms with Crippen LogP contribution in [0.4, 0.5) is 11.4 Å². The molecule has 1 heterocycles. The number of rotatable bonds is 4. The van der Waals surface area contributed by atoms with Crippen LogP contribution in [0.3, 0.4) is 0 Å². The van der Waals surface area contributed by atoms with Crippen molar-refractivity contribution in [3.63, 3.8) is 0 Å². The zero-order chi connectivity index (χ0) is 19.4. The second-order valence-corrected chi connectivity index (χ2v) is 6.94. The number of fused-ring (bicyclic) bond motifs is 1. The van der Waals surface area contributed by atoms with Crippen molar-refractivity contribution in [2.75, 3.05) is 16.8 Å². The van der Waals surface area contributed by atoms with E-state index in [0.29, 0.717) is 19.4 Å². The molecule has 3 rings (SSSR count). The van der Waals surface area contributed by atoms with Crippen molar-refractivity contribution in [1.82, 2.24) is 0 Å². The Labute approximate surface area is 160 Å². The fraction of sp³-hybridized carbons (Fsp3) is 0.364. The summed E-state index contributed by atoms with van der Waals surface area (Å²) in [6.45, 7) is 5.81. The Morgan fingerprint density at radius 3 is 2.44 bits per heavy atom. The van der Waals surface area contributed by atoms with Crippen LogP contribution in [0.5, 0.6) is 0 Å². The Hall–Kier alpha value is -2.82. The molecule has 0 fully saturated rings. The Morgan fingerprint density at radius 1 is 1.11 bits per heavy atom. The average molecular weight is 366 g/mol. The summed E-state index contributed by atoms with van der Waals surface area (Å²) in [6.07, 6.45) is 0.796. The van der Waals surface area contributed by atoms with E-state index < -0.39 is 5.54 Å². The zero-order valence-corrected chi connectivity index (χ0v) is 16.1. The molecule has 2 aromatic rings. The largest absolute Gasteiger partial charge is 0.464 e. The molecule has 5 nitrogen and oxygen atoms in total. The van der Waals surface area contributed by atoms with Gasteiger partial charge in [0.25, 0.3) is 0 Å². The molecule has 2 aromatic carbocycles. The maximum Gasteiger partial charge on any atom is 0.331 e. The van der Waals surface area contributed by atoms with Gasteiger partial charge in [0.15, 0.2) is 0 Å². The van der Waals surface area contributed by atoms with Crippen molar-refractivity contribution in [2.24, 2.45) is 0 Å². The first-order chi connectivity index (χ1) is 13.0. The quantitative estimate of drug-likeness (QED) is 0.819. The van der Waals surface area contributed by atoms with Crippen LogP contribution in [-0.4, -0.2) is 24.0 Å². The number of amides is 1. The van der Waals surface area contributed by atoms with Gasteiger partial charge in [-0.05, 0) is 31.5 Å². The summed E-state index contributed by atoms with van der Waals surface area (Å²) in [5.74, 6) is -0.294. The fourth-order valence-electron chi connectivity index (χ4n) is 3.63. The lowest BCUT2D eigenvalue weighted by atomic mass is 9.89. The second kappa shape index (κ2) is 7.82. The zero-order valence-electron chi connectivity index (χ0n) is 16.1. The van der Waals surface area contributed by atoms with E-state index in [-0.39, 0.29) is 17.9 Å². The third-order valence-corrected chi connectivity index (χ3v) is 4.97. The van der Waals surface area contributed by atoms with Gasteiger partial charge in [0.05, 0.1) is 24.0 Å². The Kier molecular flexibility index (Phi) is 5.49. The highest BCUT2D eigenvalue weighted by molar-refractivity contribution is 5.99. The second-order valence-electron chi connectivity index (χ2n) is 6.94. The molecule has 1 aliphatic rings. The Bertz CT molecular complexity index is 821. The lowest BCUT2D eigenvalue weighted by Gasteiger charge is -2.34. The van der Waals surface area contributed by atoms with Gasteiger partial charge in [-0.25, -0.2) is 4.79 Å². The standard InChI is InChI=1S/C22H26N2O3/c1-4-20(25)24-18-14-10-9-13-17(18)23-22(3,21(26)27-5-2)15-19(24)16-11-7-6-8-12-16/h6-14,19,23H,4-5,15H2,1-3H3. The minimum atomic E-state index is -0.949. The van der Waals surface area contributed by atoms with Gasteiger partial charge in [-0.1, -0.05) is 49.4 Å². The molecule has 142 valence electrons. The molecule has 2 unspecified atom stereocenters. The number of carbonyl (C=O) groups is 2. The van der Waals surface area contributed by atoms with Crippen LogP contribution in [0, 0.1) is 0 Å². The van der Waals surface area contributed by atoms with E-state index in [1.165, 1.54) is 0 Å². The maximum absolute atomic E-state index is 13.0. The molecular formula is C22H26N2O3. The van der Waals surface area contributed by atoms with E-state index >= 15 is 0 Å². The van der Waals surface area contributed by atoms with E-state index in [1.807, 2.05) is 73.3 Å². The molecular weight excluding hydrogens is 340 g/mol. The van der Waals surface area contributed by atoms with Gasteiger partial charge in [0.1, 0.15) is 5.54 Å². The van der Waals surface area contributed by atoms with Crippen LogP contribution >= 0.6 is 0 Å². The highest BCUT2D eigenvalue weighted by Gasteiger charge is 2.44. The summed E-state index contributed by atoms with van der Waals surface area (Å²) in [7, 11) is 0. The molecule has 0 aliphatic carbocycles. The molecule has 0 saturated heterocycles. The van der Waals surface area contributed by atoms with E-state index in [4.69, 9.17) is 4.74 Å². The molecule has 2 atom stereocenters. The van der Waals surface area contributed by atoms with Crippen molar-refractivity contribution >= 4 is 23.3 Å². The van der Waals surface area contributed by atoms with Crippen LogP contribution < -0.4 is 10.2 Å². The van der Waals surface area contributed by atoms with Crippen molar-refractivity contribution in [3.05, 3.63) is 60.2 Å². The van der Waals surface area contributed by atoms with Gasteiger partial charge in [-0.3, -0.25) is 4.79 Å². The number of carbonyl (C=O) groups excluding carboxylic acids is 2. The molecule has 1 aliphatic heterocycles. The molecule has 1 N–H and O–H groups in total. The minimum Gasteiger partial charge on any atom is -0.464 e. The SMILES string of the molecule is CCOC(=O)C1(C)CC(c2ccccc2)N(C(=O)CC)c2ccccc2N1. The van der Waals surface area contributed by atoms with Gasteiger partial charge in [0, 0.05) is 12.8 Å². The number of ether oxygens (including phenoxy) is 1. The third-order valence-electron chi connectivity index (χ3n) is 4.97. The topological polar surface area (TPSA) is 58.6 Å². The van der Waals surface area contributed by atoms with Crippen molar-refractivity contribution < 1.29 is 14.3 Å². The number of benzene rings is 2. The molecule has 0 spiro atoms. The number of hydrogen-bond donors (Lipinski definition) is 1. The molecule has 0 bridgehead atoms. The van der Waals surface area contributed by atoms with E-state index in [0.717, 1.165) is 16.9 Å². The van der Waals surface area contributed by atoms with Crippen LogP contribution in [0.2, 0.25) is 0 Å². The van der Waals surface area contributed by atoms with Crippen molar-refractivity contribution in [2.45, 2.75) is 45.2 Å². The number of para-hydroxylation sites is 2. The first-order valence-corrected chi connectivity index (χ1v) is 9.41. The van der Waals surface area contributed by atoms with Gasteiger partial charge in [0.2, 0.25) is 5.91 Å². The van der Waals surface area contributed by atoms with Crippen LogP contribution in [0.15, 0.2) is 54.6 Å². The summed E-state index contributed by atoms with van der Waals surface area (Å²) in [5, 5.41) is 3.36. The average Bonchev–Trinajstić information content (AvgIpc) is 2.82. The smallest absolute Gasteiger partial charge is 0.331 e. The molecule has 27 heavy (non-hydrogen) atoms. The number of anilines is 2. The number of hydrogen-bond acceptors (Lipinski definition) is 4. The molecule has 5 heteroatoms. The highest BCUT2D eigenvalue weighted by Crippen LogP contribution is 2.43. The van der Waals surface area contributed by atoms with Crippen LogP contribution in [0.1, 0.15) is 45.2 Å². The number of esters is 1. The summed E-state index contributed by atoms with van der Waals surface area (Å²) in [6, 6.07) is 17.2. The van der Waals surface area contributed by atoms with Gasteiger partial charge >= 0.3 is 5.97 Å². The summed E-state index contributed by atoms with van der Waals surface area (Å²) >= 11 is 0. The number of nitrogens with one attached hydrogen (secondary N) is 1. The normalized spacial score (nSPS) is 21.6. The van der Waals surface area contributed by atoms with Gasteiger partial charge in [-0.15, -0.1) is 0 Å². The number of nitrogens with zero attached hydrogens (tertiary/aromatic N) is 1. The predicted octanol–water partition coefficient (Wildman–Crippen LogP) is 4.31. The Morgan fingerprint density at radius 2 is 1.78 bits per heavy atom. The summed E-state index contributed by atoms with van der Waals surface area (Å²) < 4.78 is 5.36. The van der Waals surface area contributed by atoms with Crippen molar-refractivity contribution in [1.29, 1.82) is 0 Å². The molecule has 0 aromatic heterocycles. The van der Waals surface area contributed by atoms with E-state index in [1.54, 1.807) is 6.92 Å². The van der Waals surface area contributed by atoms with E-state index in [9.17, 15) is 9.59 Å². The van der Waals surface area contributed by atoms with E-state index in [2.05, 4.69) is 5.32 Å². The lowest BCUT2D eigenvalue weighted by molar-refractivity contribution is -0.148. The van der Waals surface area contributed by atoms with Gasteiger partial charge in [-0.2, -0.15) is 0 Å². The summed E-state index contributed by atoms with van der Waals surface area (Å²) in [4.78, 5) is 27.6. The lowest BCUT2D eigenvalue weighted by Crippen LogP contribution is -2.46. The first-order valence-electron chi connectivity index (χ1n) is 9.41. The first kappa shape index (κ1) is 19.0. The molecule has 0 saturated carbocycles. The maximum atomic E-state index is 13.0. The van der Waals surface area contributed by atoms with Crippen LogP contribution in [-0.2, 0) is 14.3 Å². The Balaban J connectivity index is 2.18. The predicted molar refractivity (Wildman–Crippen MR) is 107 cm³/mol. The third kappa shape index (κ3) is 3.68. The molecule has 0 radical (unpaired) electrons. The van der Waals surface area contributed by atoms with Gasteiger partial charge < -0.3 is 15.0 Å². The fourth-order valence-corrected chi connectivity index (χ4v) is 3.63. The molecule has 1 amide bonds. The van der Waals surface area contributed by atoms with Crippen molar-refractivity contribution in [3.8, 4) is 0 Å². The minimum absolute atomic E-state index is 0.0196.